The first-order valence-corrected chi connectivity index (χ1v) is 19.2. The lowest BCUT2D eigenvalue weighted by Gasteiger charge is -2.40. The van der Waals surface area contributed by atoms with Crippen molar-refractivity contribution in [2.75, 3.05) is 20.2 Å². The smallest absolute Gasteiger partial charge is 0.306 e. The number of amides is 3. The molecule has 0 bridgehead atoms. The number of ether oxygens (including phenoxy) is 2. The number of carbonyl (C=O) groups excluding carboxylic acids is 3. The molecule has 302 valence electrons. The molecule has 2 fully saturated rings. The Morgan fingerprint density at radius 3 is 2.29 bits per heavy atom. The van der Waals surface area contributed by atoms with E-state index in [1.54, 1.807) is 43.0 Å². The van der Waals surface area contributed by atoms with Gasteiger partial charge in [0.25, 0.3) is 0 Å². The normalized spacial score (nSPS) is 22.6. The number of amidine groups is 1. The average Bonchev–Trinajstić information content (AvgIpc) is 3.13. The molecule has 5 unspecified atom stereocenters. The second-order valence-corrected chi connectivity index (χ2v) is 15.5. The summed E-state index contributed by atoms with van der Waals surface area (Å²) in [6.07, 6.45) is -8.35. The zero-order chi connectivity index (χ0) is 40.8. The molecule has 4 rings (SSSR count). The quantitative estimate of drug-likeness (QED) is 0.0781. The van der Waals surface area contributed by atoms with Gasteiger partial charge in [-0.2, -0.15) is 4.72 Å². The number of nitrogens with zero attached hydrogens (tertiary/aromatic N) is 1. The van der Waals surface area contributed by atoms with Crippen molar-refractivity contribution in [2.24, 2.45) is 5.73 Å². The minimum atomic E-state index is -4.59. The average molecular weight is 791 g/mol. The number of carbonyl (C=O) groups is 4. The number of nitrogens with two attached hydrogens (primary N) is 1. The standard InChI is InChI=1S/C36H50N6O12S/c1-18-13-25(53-4)19(2)20(3)32(18)55(51,52)41-23(16-27(43)40-35-31(48)30(47)29(46)26(54-35)17-28(44)45)34(49)39-24(36(50)42-11-6-5-7-12-42)15-21-9-8-10-22(14-21)33(37)38/h8-10,13-14,23-24,26,29-31,35,41,46-48H,5-7,11-12,15-17H2,1-4H3,(H3,37,38)(H,39,49)(H,40,43)(H,44,45)/t23-,24-,26?,29?,30?,31?,35?/m0/s1. The number of aliphatic hydroxyl groups excluding tert-OH is 3. The van der Waals surface area contributed by atoms with Crippen molar-refractivity contribution in [1.82, 2.24) is 20.3 Å². The van der Waals surface area contributed by atoms with Crippen LogP contribution in [0.25, 0.3) is 0 Å². The van der Waals surface area contributed by atoms with Gasteiger partial charge in [-0.05, 0) is 74.4 Å². The second-order valence-electron chi connectivity index (χ2n) is 13.9. The van der Waals surface area contributed by atoms with Gasteiger partial charge in [-0.15, -0.1) is 0 Å². The molecule has 18 nitrogen and oxygen atoms in total. The van der Waals surface area contributed by atoms with E-state index in [4.69, 9.17) is 20.6 Å². The molecule has 55 heavy (non-hydrogen) atoms. The number of rotatable bonds is 15. The molecule has 2 saturated heterocycles. The molecule has 0 saturated carbocycles. The molecule has 0 spiro atoms. The lowest BCUT2D eigenvalue weighted by molar-refractivity contribution is -0.231. The topological polar surface area (TPSA) is 291 Å². The summed E-state index contributed by atoms with van der Waals surface area (Å²) < 4.78 is 41.3. The van der Waals surface area contributed by atoms with Crippen molar-refractivity contribution in [1.29, 1.82) is 5.41 Å². The van der Waals surface area contributed by atoms with Crippen molar-refractivity contribution >= 4 is 39.5 Å². The first-order chi connectivity index (χ1) is 25.8. The molecule has 2 aromatic rings. The molecule has 0 aromatic heterocycles. The summed E-state index contributed by atoms with van der Waals surface area (Å²) in [5.74, 6) is -3.76. The Bertz CT molecular complexity index is 1890. The van der Waals surface area contributed by atoms with E-state index in [2.05, 4.69) is 15.4 Å². The lowest BCUT2D eigenvalue weighted by atomic mass is 9.96. The number of aliphatic hydroxyl groups is 3. The van der Waals surface area contributed by atoms with E-state index in [-0.39, 0.29) is 22.7 Å². The highest BCUT2D eigenvalue weighted by Crippen LogP contribution is 2.31. The van der Waals surface area contributed by atoms with E-state index in [9.17, 15) is 48.0 Å². The van der Waals surface area contributed by atoms with Crippen molar-refractivity contribution < 1.29 is 57.5 Å². The second kappa shape index (κ2) is 18.3. The third-order valence-electron chi connectivity index (χ3n) is 9.82. The fraction of sp³-hybridized carbons (Fsp3) is 0.528. The van der Waals surface area contributed by atoms with Gasteiger partial charge in [0.15, 0.2) is 6.23 Å². The Kier molecular flexibility index (Phi) is 14.3. The van der Waals surface area contributed by atoms with Gasteiger partial charge in [-0.1, -0.05) is 18.2 Å². The largest absolute Gasteiger partial charge is 0.496 e. The number of carboxylic acid groups (broad SMARTS) is 1. The number of carboxylic acids is 1. The van der Waals surface area contributed by atoms with E-state index in [0.29, 0.717) is 41.1 Å². The number of hydrogen-bond acceptors (Lipinski definition) is 12. The maximum Gasteiger partial charge on any atom is 0.306 e. The first-order valence-electron chi connectivity index (χ1n) is 17.7. The maximum absolute atomic E-state index is 14.2. The molecular formula is C36H50N6O12S. The van der Waals surface area contributed by atoms with Crippen LogP contribution in [-0.4, -0.2) is 126 Å². The molecule has 2 aliphatic heterocycles. The van der Waals surface area contributed by atoms with Crippen LogP contribution in [0.1, 0.15) is 59.9 Å². The van der Waals surface area contributed by atoms with Crippen LogP contribution in [0.3, 0.4) is 0 Å². The zero-order valence-electron chi connectivity index (χ0n) is 31.1. The van der Waals surface area contributed by atoms with Crippen molar-refractivity contribution in [3.8, 4) is 5.75 Å². The zero-order valence-corrected chi connectivity index (χ0v) is 31.9. The van der Waals surface area contributed by atoms with E-state index < -0.39 is 89.3 Å². The molecule has 2 aromatic carbocycles. The third-order valence-corrected chi connectivity index (χ3v) is 11.6. The highest BCUT2D eigenvalue weighted by molar-refractivity contribution is 7.89. The Balaban J connectivity index is 1.69. The fourth-order valence-electron chi connectivity index (χ4n) is 6.80. The van der Waals surface area contributed by atoms with Gasteiger partial charge in [0, 0.05) is 25.1 Å². The Hall–Kier alpha value is -4.66. The minimum Gasteiger partial charge on any atom is -0.496 e. The maximum atomic E-state index is 14.2. The third kappa shape index (κ3) is 10.6. The van der Waals surface area contributed by atoms with Gasteiger partial charge in [0.05, 0.1) is 31.0 Å². The van der Waals surface area contributed by atoms with Gasteiger partial charge in [0.1, 0.15) is 42.0 Å². The van der Waals surface area contributed by atoms with Crippen LogP contribution in [-0.2, 0) is 40.4 Å². The highest BCUT2D eigenvalue weighted by atomic mass is 32.2. The molecule has 0 radical (unpaired) electrons. The number of aryl methyl sites for hydroxylation is 1. The number of methoxy groups -OCH3 is 1. The molecule has 10 N–H and O–H groups in total. The summed E-state index contributed by atoms with van der Waals surface area (Å²) in [5, 5.41) is 53.1. The lowest BCUT2D eigenvalue weighted by Crippen LogP contribution is -2.63. The van der Waals surface area contributed by atoms with Gasteiger partial charge in [-0.25, -0.2) is 8.42 Å². The van der Waals surface area contributed by atoms with Crippen LogP contribution in [0.5, 0.6) is 5.75 Å². The number of nitrogen functional groups attached to an aromatic ring is 1. The van der Waals surface area contributed by atoms with Crippen molar-refractivity contribution in [2.45, 2.75) is 107 Å². The van der Waals surface area contributed by atoms with Crippen LogP contribution in [0.15, 0.2) is 35.2 Å². The van der Waals surface area contributed by atoms with E-state index >= 15 is 0 Å². The molecule has 19 heteroatoms. The molecule has 3 amide bonds. The van der Waals surface area contributed by atoms with Crippen LogP contribution in [0.4, 0.5) is 0 Å². The van der Waals surface area contributed by atoms with Crippen LogP contribution in [0.2, 0.25) is 0 Å². The number of nitrogens with one attached hydrogen (secondary N) is 4. The van der Waals surface area contributed by atoms with Crippen LogP contribution >= 0.6 is 0 Å². The van der Waals surface area contributed by atoms with Gasteiger partial charge in [-0.3, -0.25) is 24.6 Å². The number of aliphatic carboxylic acids is 1. The Morgan fingerprint density at radius 1 is 1.00 bits per heavy atom. The number of hydrogen-bond donors (Lipinski definition) is 9. The predicted molar refractivity (Wildman–Crippen MR) is 197 cm³/mol. The summed E-state index contributed by atoms with van der Waals surface area (Å²) >= 11 is 0. The summed E-state index contributed by atoms with van der Waals surface area (Å²) in [6.45, 7) is 5.60. The number of benzene rings is 2. The number of likely N-dealkylation sites (tertiary alicyclic amines) is 1. The fourth-order valence-corrected chi connectivity index (χ4v) is 8.52. The highest BCUT2D eigenvalue weighted by Gasteiger charge is 2.45. The summed E-state index contributed by atoms with van der Waals surface area (Å²) in [7, 11) is -3.16. The van der Waals surface area contributed by atoms with Gasteiger partial charge in [0.2, 0.25) is 27.7 Å². The molecule has 7 atom stereocenters. The van der Waals surface area contributed by atoms with Gasteiger partial charge < -0.3 is 51.2 Å². The minimum absolute atomic E-state index is 0.0724. The van der Waals surface area contributed by atoms with E-state index in [1.165, 1.54) is 20.1 Å². The van der Waals surface area contributed by atoms with E-state index in [1.807, 2.05) is 0 Å². The van der Waals surface area contributed by atoms with Crippen molar-refractivity contribution in [3.63, 3.8) is 0 Å². The number of sulfonamides is 1. The first kappa shape index (κ1) is 43.1. The molecular weight excluding hydrogens is 740 g/mol. The summed E-state index contributed by atoms with van der Waals surface area (Å²) in [4.78, 5) is 54.5. The number of piperidine rings is 1. The molecule has 2 heterocycles. The molecule has 0 aliphatic carbocycles. The summed E-state index contributed by atoms with van der Waals surface area (Å²) in [5.41, 5.74) is 7.69. The van der Waals surface area contributed by atoms with Crippen molar-refractivity contribution in [3.05, 3.63) is 58.1 Å². The SMILES string of the molecule is COc1cc(C)c(S(=O)(=O)N[C@@H](CC(=O)NC2OC(CC(=O)O)C(O)C(O)C2O)C(=O)N[C@@H](Cc2cccc(C(=N)N)c2)C(=O)N2CCCCC2)c(C)c1C. The summed E-state index contributed by atoms with van der Waals surface area (Å²) in [6, 6.07) is 4.90. The van der Waals surface area contributed by atoms with Crippen LogP contribution in [0, 0.1) is 26.2 Å². The van der Waals surface area contributed by atoms with Gasteiger partial charge >= 0.3 is 5.97 Å². The molecule has 2 aliphatic rings. The monoisotopic (exact) mass is 790 g/mol. The Labute approximate surface area is 318 Å². The predicted octanol–water partition coefficient (Wildman–Crippen LogP) is -0.920. The Morgan fingerprint density at radius 2 is 1.67 bits per heavy atom. The van der Waals surface area contributed by atoms with E-state index in [0.717, 1.165) is 19.3 Å². The van der Waals surface area contributed by atoms with Crippen LogP contribution < -0.4 is 25.8 Å².